The van der Waals surface area contributed by atoms with Crippen LogP contribution < -0.4 is 5.32 Å². The first-order chi connectivity index (χ1) is 10.0. The van der Waals surface area contributed by atoms with Crippen molar-refractivity contribution in [2.75, 3.05) is 33.9 Å². The van der Waals surface area contributed by atoms with Crippen molar-refractivity contribution < 1.29 is 13.2 Å². The van der Waals surface area contributed by atoms with E-state index in [-0.39, 0.29) is 0 Å². The highest BCUT2D eigenvalue weighted by Crippen LogP contribution is 2.37. The number of sulfonamides is 1. The average Bonchev–Trinajstić information content (AvgIpc) is 3.20. The summed E-state index contributed by atoms with van der Waals surface area (Å²) in [5.74, 6) is 0. The minimum absolute atomic E-state index is 0.367. The van der Waals surface area contributed by atoms with Crippen LogP contribution >= 0.6 is 0 Å². The Bertz CT molecular complexity index is 564. The summed E-state index contributed by atoms with van der Waals surface area (Å²) >= 11 is 0. The Balaban J connectivity index is 2.17. The maximum absolute atomic E-state index is 12.6. The molecule has 1 saturated carbocycles. The van der Waals surface area contributed by atoms with Crippen LogP contribution in [0.15, 0.2) is 17.2 Å². The molecule has 0 bridgehead atoms. The molecule has 0 unspecified atom stereocenters. The van der Waals surface area contributed by atoms with Crippen molar-refractivity contribution in [3.63, 3.8) is 0 Å². The van der Waals surface area contributed by atoms with Gasteiger partial charge in [0, 0.05) is 44.7 Å². The molecule has 0 atom stereocenters. The average molecular weight is 315 g/mol. The Morgan fingerprint density at radius 3 is 2.76 bits per heavy atom. The molecule has 7 heteroatoms. The summed E-state index contributed by atoms with van der Waals surface area (Å²) in [5.41, 5.74) is 1.02. The van der Waals surface area contributed by atoms with E-state index in [4.69, 9.17) is 4.74 Å². The number of nitrogens with zero attached hydrogens (tertiary/aromatic N) is 2. The van der Waals surface area contributed by atoms with E-state index in [2.05, 4.69) is 9.88 Å². The van der Waals surface area contributed by atoms with Crippen LogP contribution in [0.25, 0.3) is 0 Å². The zero-order chi connectivity index (χ0) is 15.5. The zero-order valence-electron chi connectivity index (χ0n) is 13.0. The monoisotopic (exact) mass is 315 g/mol. The molecule has 0 saturated heterocycles. The molecule has 0 radical (unpaired) electrons. The van der Waals surface area contributed by atoms with Gasteiger partial charge in [0.1, 0.15) is 4.90 Å². The Hall–Kier alpha value is -0.890. The minimum atomic E-state index is -3.44. The third-order valence-electron chi connectivity index (χ3n) is 3.67. The van der Waals surface area contributed by atoms with Gasteiger partial charge in [-0.05, 0) is 32.9 Å². The predicted octanol–water partition coefficient (Wildman–Crippen LogP) is 1.20. The van der Waals surface area contributed by atoms with Gasteiger partial charge in [-0.3, -0.25) is 0 Å². The Labute approximate surface area is 127 Å². The molecule has 0 aromatic carbocycles. The standard InChI is InChI=1S/C14H25N3O3S/c1-4-20-8-7-16(3)21(18,19)14-9-13(10-15-2)17(11-14)12-5-6-12/h9,11-12,15H,4-8,10H2,1-3H3. The van der Waals surface area contributed by atoms with Crippen LogP contribution in [-0.2, 0) is 21.3 Å². The highest BCUT2D eigenvalue weighted by atomic mass is 32.2. The number of hydrogen-bond acceptors (Lipinski definition) is 4. The maximum Gasteiger partial charge on any atom is 0.244 e. The number of aromatic nitrogens is 1. The summed E-state index contributed by atoms with van der Waals surface area (Å²) in [6, 6.07) is 2.24. The van der Waals surface area contributed by atoms with Gasteiger partial charge in [0.05, 0.1) is 6.61 Å². The molecule has 0 amide bonds. The fourth-order valence-electron chi connectivity index (χ4n) is 2.29. The summed E-state index contributed by atoms with van der Waals surface area (Å²) < 4.78 is 33.8. The lowest BCUT2D eigenvalue weighted by Crippen LogP contribution is -2.30. The molecular formula is C14H25N3O3S. The van der Waals surface area contributed by atoms with Crippen molar-refractivity contribution in [1.82, 2.24) is 14.2 Å². The molecule has 1 aliphatic rings. The second kappa shape index (κ2) is 6.91. The molecule has 120 valence electrons. The SMILES string of the molecule is CCOCCN(C)S(=O)(=O)c1cc(CNC)n(C2CC2)c1. The van der Waals surface area contributed by atoms with E-state index in [0.29, 0.717) is 37.2 Å². The smallest absolute Gasteiger partial charge is 0.244 e. The van der Waals surface area contributed by atoms with Gasteiger partial charge >= 0.3 is 0 Å². The van der Waals surface area contributed by atoms with Crippen LogP contribution in [0.4, 0.5) is 0 Å². The van der Waals surface area contributed by atoms with E-state index in [0.717, 1.165) is 18.5 Å². The lowest BCUT2D eigenvalue weighted by atomic mass is 10.4. The molecule has 1 aromatic heterocycles. The van der Waals surface area contributed by atoms with Crippen LogP contribution in [0.2, 0.25) is 0 Å². The van der Waals surface area contributed by atoms with E-state index < -0.39 is 10.0 Å². The Kier molecular flexibility index (Phi) is 5.43. The van der Waals surface area contributed by atoms with E-state index >= 15 is 0 Å². The topological polar surface area (TPSA) is 63.6 Å². The molecule has 1 aromatic rings. The Morgan fingerprint density at radius 2 is 2.19 bits per heavy atom. The van der Waals surface area contributed by atoms with Crippen LogP contribution in [0.3, 0.4) is 0 Å². The fraction of sp³-hybridized carbons (Fsp3) is 0.714. The lowest BCUT2D eigenvalue weighted by molar-refractivity contribution is 0.138. The number of hydrogen-bond donors (Lipinski definition) is 1. The van der Waals surface area contributed by atoms with Crippen LogP contribution in [0.1, 0.15) is 31.5 Å². The first-order valence-electron chi connectivity index (χ1n) is 7.40. The third-order valence-corrected chi connectivity index (χ3v) is 5.49. The zero-order valence-corrected chi connectivity index (χ0v) is 13.8. The van der Waals surface area contributed by atoms with Crippen molar-refractivity contribution in [2.24, 2.45) is 0 Å². The summed E-state index contributed by atoms with van der Waals surface area (Å²) in [6.45, 7) is 3.95. The molecule has 1 fully saturated rings. The van der Waals surface area contributed by atoms with Crippen molar-refractivity contribution in [2.45, 2.75) is 37.2 Å². The maximum atomic E-state index is 12.6. The van der Waals surface area contributed by atoms with Crippen molar-refractivity contribution in [3.8, 4) is 0 Å². The van der Waals surface area contributed by atoms with Gasteiger partial charge in [0.15, 0.2) is 0 Å². The van der Waals surface area contributed by atoms with Gasteiger partial charge in [-0.25, -0.2) is 8.42 Å². The quantitative estimate of drug-likeness (QED) is 0.696. The molecule has 6 nitrogen and oxygen atoms in total. The first kappa shape index (κ1) is 16.5. The first-order valence-corrected chi connectivity index (χ1v) is 8.84. The number of nitrogens with one attached hydrogen (secondary N) is 1. The van der Waals surface area contributed by atoms with E-state index in [1.807, 2.05) is 14.0 Å². The minimum Gasteiger partial charge on any atom is -0.380 e. The van der Waals surface area contributed by atoms with E-state index in [1.165, 1.54) is 4.31 Å². The van der Waals surface area contributed by atoms with Crippen molar-refractivity contribution in [1.29, 1.82) is 0 Å². The molecule has 1 N–H and O–H groups in total. The second-order valence-corrected chi connectivity index (χ2v) is 7.40. The summed E-state index contributed by atoms with van der Waals surface area (Å²) in [5, 5.41) is 3.09. The van der Waals surface area contributed by atoms with Gasteiger partial charge in [-0.2, -0.15) is 4.31 Å². The van der Waals surface area contributed by atoms with Gasteiger partial charge in [-0.15, -0.1) is 0 Å². The second-order valence-electron chi connectivity index (χ2n) is 5.36. The largest absolute Gasteiger partial charge is 0.380 e. The lowest BCUT2D eigenvalue weighted by Gasteiger charge is -2.15. The van der Waals surface area contributed by atoms with E-state index in [9.17, 15) is 8.42 Å². The number of likely N-dealkylation sites (N-methyl/N-ethyl adjacent to an activating group) is 1. The summed E-state index contributed by atoms with van der Waals surface area (Å²) in [6.07, 6.45) is 4.03. The highest BCUT2D eigenvalue weighted by molar-refractivity contribution is 7.89. The number of ether oxygens (including phenoxy) is 1. The summed E-state index contributed by atoms with van der Waals surface area (Å²) in [4.78, 5) is 0.374. The molecule has 21 heavy (non-hydrogen) atoms. The van der Waals surface area contributed by atoms with Crippen molar-refractivity contribution >= 4 is 10.0 Å². The fourth-order valence-corrected chi connectivity index (χ4v) is 3.50. The van der Waals surface area contributed by atoms with Gasteiger partial charge in [0.2, 0.25) is 10.0 Å². The molecule has 0 aliphatic heterocycles. The Morgan fingerprint density at radius 1 is 1.48 bits per heavy atom. The normalized spacial score (nSPS) is 15.8. The number of rotatable bonds is 9. The van der Waals surface area contributed by atoms with Gasteiger partial charge in [0.25, 0.3) is 0 Å². The van der Waals surface area contributed by atoms with Crippen LogP contribution in [0.5, 0.6) is 0 Å². The molecule has 1 aliphatic carbocycles. The highest BCUT2D eigenvalue weighted by Gasteiger charge is 2.29. The molecule has 2 rings (SSSR count). The van der Waals surface area contributed by atoms with Gasteiger partial charge in [-0.1, -0.05) is 0 Å². The van der Waals surface area contributed by atoms with Crippen LogP contribution in [0, 0.1) is 0 Å². The van der Waals surface area contributed by atoms with E-state index in [1.54, 1.807) is 19.3 Å². The molecular weight excluding hydrogens is 290 g/mol. The summed E-state index contributed by atoms with van der Waals surface area (Å²) in [7, 11) is 0.0250. The van der Waals surface area contributed by atoms with Crippen LogP contribution in [-0.4, -0.2) is 51.1 Å². The van der Waals surface area contributed by atoms with Gasteiger partial charge < -0.3 is 14.6 Å². The predicted molar refractivity (Wildman–Crippen MR) is 81.8 cm³/mol. The van der Waals surface area contributed by atoms with Crippen molar-refractivity contribution in [3.05, 3.63) is 18.0 Å². The third kappa shape index (κ3) is 3.85. The molecule has 0 spiro atoms. The molecule has 1 heterocycles.